The van der Waals surface area contributed by atoms with Crippen molar-refractivity contribution in [3.8, 4) is 5.75 Å². The van der Waals surface area contributed by atoms with Crippen LogP contribution in [0.1, 0.15) is 5.56 Å². The third kappa shape index (κ3) is 5.60. The van der Waals surface area contributed by atoms with E-state index in [2.05, 4.69) is 15.4 Å². The minimum absolute atomic E-state index is 0. The maximum absolute atomic E-state index is 12.5. The number of piperazine rings is 1. The predicted molar refractivity (Wildman–Crippen MR) is 121 cm³/mol. The van der Waals surface area contributed by atoms with E-state index in [-0.39, 0.29) is 36.4 Å². The number of aromatic nitrogens is 2. The Labute approximate surface area is 182 Å². The summed E-state index contributed by atoms with van der Waals surface area (Å²) < 4.78 is 7.42. The number of hydrogen-bond donors (Lipinski definition) is 1. The van der Waals surface area contributed by atoms with E-state index < -0.39 is 0 Å². The second kappa shape index (κ2) is 10.3. The first-order valence-corrected chi connectivity index (χ1v) is 9.01. The van der Waals surface area contributed by atoms with Gasteiger partial charge in [-0.05, 0) is 19.1 Å². The number of ether oxygens (including phenoxy) is 1. The molecule has 1 aromatic carbocycles. The highest BCUT2D eigenvalue weighted by molar-refractivity contribution is 14.0. The van der Waals surface area contributed by atoms with Gasteiger partial charge in [-0.15, -0.1) is 24.0 Å². The molecule has 8 nitrogen and oxygen atoms in total. The number of aryl methyl sites for hydroxylation is 2. The minimum atomic E-state index is 0. The molecule has 3 rings (SSSR count). The summed E-state index contributed by atoms with van der Waals surface area (Å²) in [6.45, 7) is 4.77. The van der Waals surface area contributed by atoms with Gasteiger partial charge in [-0.25, -0.2) is 0 Å². The predicted octanol–water partition coefficient (Wildman–Crippen LogP) is 1.65. The molecule has 0 atom stereocenters. The first-order valence-electron chi connectivity index (χ1n) is 9.01. The minimum Gasteiger partial charge on any atom is -0.492 e. The number of carbonyl (C=O) groups is 1. The van der Waals surface area contributed by atoms with Gasteiger partial charge in [0, 0.05) is 33.4 Å². The summed E-state index contributed by atoms with van der Waals surface area (Å²) in [4.78, 5) is 20.5. The topological polar surface area (TPSA) is 75.0 Å². The van der Waals surface area contributed by atoms with E-state index in [1.54, 1.807) is 22.8 Å². The molecular weight excluding hydrogens is 471 g/mol. The number of amides is 1. The quantitative estimate of drug-likeness (QED) is 0.294. The summed E-state index contributed by atoms with van der Waals surface area (Å²) in [6, 6.07) is 7.96. The van der Waals surface area contributed by atoms with Crippen molar-refractivity contribution >= 4 is 41.5 Å². The summed E-state index contributed by atoms with van der Waals surface area (Å²) in [5, 5.41) is 7.40. The molecule has 1 aliphatic rings. The lowest BCUT2D eigenvalue weighted by atomic mass is 10.2. The number of nitrogens with zero attached hydrogens (tertiary/aromatic N) is 5. The van der Waals surface area contributed by atoms with E-state index in [4.69, 9.17) is 4.74 Å². The molecule has 1 aliphatic heterocycles. The Balaban J connectivity index is 0.00000280. The molecule has 28 heavy (non-hydrogen) atoms. The molecule has 0 bridgehead atoms. The van der Waals surface area contributed by atoms with Crippen LogP contribution in [0, 0.1) is 6.92 Å². The maximum atomic E-state index is 12.5. The monoisotopic (exact) mass is 498 g/mol. The van der Waals surface area contributed by atoms with Crippen molar-refractivity contribution < 1.29 is 9.53 Å². The standard InChI is InChI=1S/C19H26N6O2.HI/c1-15-4-6-17(7-5-15)27-11-8-21-19(20-2)24-9-10-25(18(26)14-24)16-12-22-23(3)13-16;/h4-7,12-13H,8-11,14H2,1-3H3,(H,20,21);1H. The highest BCUT2D eigenvalue weighted by atomic mass is 127. The van der Waals surface area contributed by atoms with Gasteiger partial charge in [0.05, 0.1) is 18.4 Å². The van der Waals surface area contributed by atoms with Crippen molar-refractivity contribution in [2.24, 2.45) is 12.0 Å². The van der Waals surface area contributed by atoms with Gasteiger partial charge in [-0.1, -0.05) is 17.7 Å². The molecule has 2 aromatic rings. The number of aliphatic imine (C=N–C) groups is 1. The van der Waals surface area contributed by atoms with Gasteiger partial charge in [-0.3, -0.25) is 14.5 Å². The van der Waals surface area contributed by atoms with E-state index in [1.807, 2.05) is 49.3 Å². The van der Waals surface area contributed by atoms with E-state index in [1.165, 1.54) is 5.56 Å². The summed E-state index contributed by atoms with van der Waals surface area (Å²) in [7, 11) is 3.57. The third-order valence-corrected chi connectivity index (χ3v) is 4.41. The van der Waals surface area contributed by atoms with Gasteiger partial charge in [0.1, 0.15) is 18.9 Å². The highest BCUT2D eigenvalue weighted by Crippen LogP contribution is 2.16. The van der Waals surface area contributed by atoms with Crippen molar-refractivity contribution in [2.45, 2.75) is 6.92 Å². The normalized spacial score (nSPS) is 14.7. The second-order valence-corrected chi connectivity index (χ2v) is 6.47. The summed E-state index contributed by atoms with van der Waals surface area (Å²) in [5.74, 6) is 1.59. The smallest absolute Gasteiger partial charge is 0.246 e. The molecule has 0 radical (unpaired) electrons. The molecule has 1 N–H and O–H groups in total. The summed E-state index contributed by atoms with van der Waals surface area (Å²) in [5.41, 5.74) is 2.03. The Morgan fingerprint density at radius 1 is 1.29 bits per heavy atom. The van der Waals surface area contributed by atoms with Gasteiger partial charge in [0.2, 0.25) is 5.91 Å². The Bertz CT molecular complexity index is 805. The summed E-state index contributed by atoms with van der Waals surface area (Å²) >= 11 is 0. The Kier molecular flexibility index (Phi) is 8.09. The van der Waals surface area contributed by atoms with E-state index in [0.29, 0.717) is 32.2 Å². The fourth-order valence-electron chi connectivity index (χ4n) is 2.97. The van der Waals surface area contributed by atoms with Crippen LogP contribution >= 0.6 is 24.0 Å². The molecule has 1 saturated heterocycles. The molecular formula is C19H27IN6O2. The molecule has 0 saturated carbocycles. The number of anilines is 1. The molecule has 152 valence electrons. The number of rotatable bonds is 5. The lowest BCUT2D eigenvalue weighted by molar-refractivity contribution is -0.120. The number of carbonyl (C=O) groups excluding carboxylic acids is 1. The number of guanidine groups is 1. The first kappa shape index (κ1) is 22.0. The van der Waals surface area contributed by atoms with Crippen LogP contribution in [0.2, 0.25) is 0 Å². The third-order valence-electron chi connectivity index (χ3n) is 4.41. The van der Waals surface area contributed by atoms with Gasteiger partial charge in [-0.2, -0.15) is 5.10 Å². The number of halogens is 1. The van der Waals surface area contributed by atoms with Gasteiger partial charge >= 0.3 is 0 Å². The largest absolute Gasteiger partial charge is 0.492 e. The molecule has 1 aromatic heterocycles. The Hall–Kier alpha value is -2.30. The van der Waals surface area contributed by atoms with Gasteiger partial charge in [0.15, 0.2) is 5.96 Å². The Morgan fingerprint density at radius 3 is 2.64 bits per heavy atom. The van der Waals surface area contributed by atoms with Crippen LogP contribution in [0.25, 0.3) is 0 Å². The van der Waals surface area contributed by atoms with E-state index in [0.717, 1.165) is 11.4 Å². The van der Waals surface area contributed by atoms with Gasteiger partial charge < -0.3 is 19.9 Å². The number of nitrogens with one attached hydrogen (secondary N) is 1. The molecule has 2 heterocycles. The Morgan fingerprint density at radius 2 is 2.04 bits per heavy atom. The van der Waals surface area contributed by atoms with Crippen LogP contribution in [0.5, 0.6) is 5.75 Å². The average molecular weight is 498 g/mol. The van der Waals surface area contributed by atoms with Crippen LogP contribution < -0.4 is 15.0 Å². The van der Waals surface area contributed by atoms with E-state index in [9.17, 15) is 4.79 Å². The highest BCUT2D eigenvalue weighted by Gasteiger charge is 2.27. The summed E-state index contributed by atoms with van der Waals surface area (Å²) in [6.07, 6.45) is 3.56. The van der Waals surface area contributed by atoms with Crippen LogP contribution in [0.4, 0.5) is 5.69 Å². The van der Waals surface area contributed by atoms with Crippen molar-refractivity contribution in [3.63, 3.8) is 0 Å². The lowest BCUT2D eigenvalue weighted by Gasteiger charge is -2.35. The van der Waals surface area contributed by atoms with Crippen molar-refractivity contribution in [1.29, 1.82) is 0 Å². The first-order chi connectivity index (χ1) is 13.1. The lowest BCUT2D eigenvalue weighted by Crippen LogP contribution is -2.55. The maximum Gasteiger partial charge on any atom is 0.246 e. The fourth-order valence-corrected chi connectivity index (χ4v) is 2.97. The molecule has 1 fully saturated rings. The zero-order chi connectivity index (χ0) is 19.2. The van der Waals surface area contributed by atoms with Crippen molar-refractivity contribution in [3.05, 3.63) is 42.2 Å². The van der Waals surface area contributed by atoms with Crippen molar-refractivity contribution in [1.82, 2.24) is 20.0 Å². The number of benzene rings is 1. The van der Waals surface area contributed by atoms with Crippen LogP contribution in [0.15, 0.2) is 41.7 Å². The zero-order valence-corrected chi connectivity index (χ0v) is 18.8. The zero-order valence-electron chi connectivity index (χ0n) is 16.5. The number of hydrogen-bond acceptors (Lipinski definition) is 4. The SMILES string of the molecule is CN=C(NCCOc1ccc(C)cc1)N1CCN(c2cnn(C)c2)C(=O)C1.I. The second-order valence-electron chi connectivity index (χ2n) is 6.47. The van der Waals surface area contributed by atoms with Crippen molar-refractivity contribution in [2.75, 3.05) is 44.7 Å². The molecule has 0 unspecified atom stereocenters. The molecule has 9 heteroatoms. The molecule has 1 amide bonds. The van der Waals surface area contributed by atoms with E-state index >= 15 is 0 Å². The molecule has 0 aliphatic carbocycles. The van der Waals surface area contributed by atoms with Crippen LogP contribution in [0.3, 0.4) is 0 Å². The van der Waals surface area contributed by atoms with Crippen LogP contribution in [-0.2, 0) is 11.8 Å². The van der Waals surface area contributed by atoms with Crippen LogP contribution in [-0.4, -0.2) is 66.4 Å². The fraction of sp³-hybridized carbons (Fsp3) is 0.421. The van der Waals surface area contributed by atoms with Gasteiger partial charge in [0.25, 0.3) is 0 Å². The molecule has 0 spiro atoms. The average Bonchev–Trinajstić information content (AvgIpc) is 3.09.